The van der Waals surface area contributed by atoms with Gasteiger partial charge >= 0.3 is 6.16 Å². The van der Waals surface area contributed by atoms with Gasteiger partial charge in [-0.05, 0) is 25.1 Å². The Kier molecular flexibility index (Phi) is 3.01. The summed E-state index contributed by atoms with van der Waals surface area (Å²) in [6.07, 6.45) is -0.722. The highest BCUT2D eigenvalue weighted by Crippen LogP contribution is 2.23. The van der Waals surface area contributed by atoms with Gasteiger partial charge in [-0.3, -0.25) is 0 Å². The molecule has 0 radical (unpaired) electrons. The molecule has 0 atom stereocenters. The maximum atomic E-state index is 11.1. The third-order valence-electron chi connectivity index (χ3n) is 2.01. The second-order valence-electron chi connectivity index (χ2n) is 3.15. The van der Waals surface area contributed by atoms with Crippen molar-refractivity contribution in [3.63, 3.8) is 0 Å². The molecule has 1 aromatic heterocycles. The normalized spacial score (nSPS) is 10.4. The van der Waals surface area contributed by atoms with Gasteiger partial charge in [0.2, 0.25) is 5.88 Å². The van der Waals surface area contributed by atoms with Gasteiger partial charge in [0, 0.05) is 22.0 Å². The smallest absolute Gasteiger partial charge is 0.434 e. The topological polar surface area (TPSA) is 51.3 Å². The first kappa shape index (κ1) is 10.8. The molecule has 0 saturated carbocycles. The van der Waals surface area contributed by atoms with Crippen molar-refractivity contribution < 1.29 is 14.3 Å². The predicted molar refractivity (Wildman–Crippen MR) is 61.0 cm³/mol. The van der Waals surface area contributed by atoms with E-state index in [-0.39, 0.29) is 6.61 Å². The number of H-pyrrole nitrogens is 1. The molecule has 1 aromatic carbocycles. The van der Waals surface area contributed by atoms with Gasteiger partial charge in [-0.15, -0.1) is 0 Å². The minimum Gasteiger partial charge on any atom is -0.434 e. The number of ether oxygens (including phenoxy) is 2. The van der Waals surface area contributed by atoms with Gasteiger partial charge in [0.15, 0.2) is 0 Å². The van der Waals surface area contributed by atoms with Crippen LogP contribution < -0.4 is 4.74 Å². The summed E-state index contributed by atoms with van der Waals surface area (Å²) in [4.78, 5) is 14.0. The minimum absolute atomic E-state index is 0.283. The lowest BCUT2D eigenvalue weighted by Crippen LogP contribution is -2.09. The van der Waals surface area contributed by atoms with Crippen molar-refractivity contribution in [2.24, 2.45) is 0 Å². The minimum atomic E-state index is -0.722. The van der Waals surface area contributed by atoms with Crippen LogP contribution in [0.4, 0.5) is 4.79 Å². The Morgan fingerprint density at radius 1 is 1.44 bits per heavy atom. The summed E-state index contributed by atoms with van der Waals surface area (Å²) in [5.74, 6) is 0.343. The van der Waals surface area contributed by atoms with Crippen LogP contribution in [-0.4, -0.2) is 17.7 Å². The molecule has 0 fully saturated rings. The number of fused-ring (bicyclic) bond motifs is 1. The Hall–Kier alpha value is -1.68. The average molecular weight is 240 g/mol. The lowest BCUT2D eigenvalue weighted by atomic mass is 10.2. The van der Waals surface area contributed by atoms with Crippen molar-refractivity contribution in [3.8, 4) is 5.88 Å². The molecule has 5 heteroatoms. The van der Waals surface area contributed by atoms with E-state index in [1.807, 2.05) is 6.07 Å². The van der Waals surface area contributed by atoms with Crippen LogP contribution in [0.25, 0.3) is 10.9 Å². The number of rotatable bonds is 2. The number of hydrogen-bond donors (Lipinski definition) is 1. The van der Waals surface area contributed by atoms with Crippen molar-refractivity contribution in [2.45, 2.75) is 6.92 Å². The van der Waals surface area contributed by atoms with E-state index in [9.17, 15) is 4.79 Å². The Balaban J connectivity index is 2.23. The lowest BCUT2D eigenvalue weighted by Gasteiger charge is -1.99. The highest BCUT2D eigenvalue weighted by molar-refractivity contribution is 6.31. The molecule has 2 rings (SSSR count). The van der Waals surface area contributed by atoms with E-state index in [4.69, 9.17) is 16.3 Å². The molecule has 0 unspecified atom stereocenters. The average Bonchev–Trinajstić information content (AvgIpc) is 2.59. The summed E-state index contributed by atoms with van der Waals surface area (Å²) in [6.45, 7) is 2.00. The molecule has 0 saturated heterocycles. The zero-order valence-corrected chi connectivity index (χ0v) is 9.38. The van der Waals surface area contributed by atoms with E-state index in [2.05, 4.69) is 9.72 Å². The number of carbonyl (C=O) groups excluding carboxylic acids is 1. The summed E-state index contributed by atoms with van der Waals surface area (Å²) in [5.41, 5.74) is 0.851. The molecule has 4 nitrogen and oxygen atoms in total. The molecular formula is C11H10ClNO3. The van der Waals surface area contributed by atoms with Crippen molar-refractivity contribution in [1.29, 1.82) is 0 Å². The van der Waals surface area contributed by atoms with E-state index in [0.717, 1.165) is 10.9 Å². The molecule has 1 N–H and O–H groups in total. The number of nitrogens with one attached hydrogen (secondary N) is 1. The van der Waals surface area contributed by atoms with E-state index >= 15 is 0 Å². The Bertz CT molecular complexity index is 521. The molecule has 0 aliphatic rings. The zero-order valence-electron chi connectivity index (χ0n) is 8.62. The fraction of sp³-hybridized carbons (Fsp3) is 0.182. The van der Waals surface area contributed by atoms with Crippen LogP contribution in [0.1, 0.15) is 6.92 Å². The SMILES string of the molecule is CCOC(=O)Oc1cc2cc(Cl)ccc2[nH]1. The van der Waals surface area contributed by atoms with Crippen LogP contribution in [0.15, 0.2) is 24.3 Å². The summed E-state index contributed by atoms with van der Waals surface area (Å²) in [6, 6.07) is 7.05. The van der Waals surface area contributed by atoms with Crippen LogP contribution >= 0.6 is 11.6 Å². The Morgan fingerprint density at radius 3 is 3.00 bits per heavy atom. The number of carbonyl (C=O) groups is 1. The van der Waals surface area contributed by atoms with Gasteiger partial charge in [-0.25, -0.2) is 4.79 Å². The summed E-state index contributed by atoms with van der Waals surface area (Å²) >= 11 is 5.84. The van der Waals surface area contributed by atoms with E-state index in [1.54, 1.807) is 25.1 Å². The van der Waals surface area contributed by atoms with Crippen molar-refractivity contribution >= 4 is 28.7 Å². The first-order valence-electron chi connectivity index (χ1n) is 4.82. The lowest BCUT2D eigenvalue weighted by molar-refractivity contribution is 0.103. The van der Waals surface area contributed by atoms with E-state index in [1.165, 1.54) is 0 Å². The third kappa shape index (κ3) is 2.28. The first-order valence-corrected chi connectivity index (χ1v) is 5.19. The molecule has 0 amide bonds. The summed E-state index contributed by atoms with van der Waals surface area (Å²) in [5, 5.41) is 1.51. The van der Waals surface area contributed by atoms with E-state index < -0.39 is 6.16 Å². The molecule has 2 aromatic rings. The van der Waals surface area contributed by atoms with Crippen molar-refractivity contribution in [3.05, 3.63) is 29.3 Å². The van der Waals surface area contributed by atoms with Gasteiger partial charge in [0.05, 0.1) is 6.61 Å². The van der Waals surface area contributed by atoms with Crippen LogP contribution in [0.3, 0.4) is 0 Å². The van der Waals surface area contributed by atoms with Crippen molar-refractivity contribution in [2.75, 3.05) is 6.61 Å². The number of hydrogen-bond acceptors (Lipinski definition) is 3. The molecule has 0 aliphatic heterocycles. The Morgan fingerprint density at radius 2 is 2.25 bits per heavy atom. The molecule has 0 aliphatic carbocycles. The monoisotopic (exact) mass is 239 g/mol. The van der Waals surface area contributed by atoms with Crippen LogP contribution in [0.2, 0.25) is 5.02 Å². The molecule has 1 heterocycles. The number of aromatic amines is 1. The van der Waals surface area contributed by atoms with Crippen LogP contribution in [0.5, 0.6) is 5.88 Å². The highest BCUT2D eigenvalue weighted by atomic mass is 35.5. The number of benzene rings is 1. The first-order chi connectivity index (χ1) is 7.69. The third-order valence-corrected chi connectivity index (χ3v) is 2.25. The zero-order chi connectivity index (χ0) is 11.5. The molecule has 16 heavy (non-hydrogen) atoms. The van der Waals surface area contributed by atoms with Gasteiger partial charge in [0.25, 0.3) is 0 Å². The van der Waals surface area contributed by atoms with Gasteiger partial charge in [-0.2, -0.15) is 0 Å². The maximum absolute atomic E-state index is 11.1. The van der Waals surface area contributed by atoms with Gasteiger partial charge in [0.1, 0.15) is 0 Å². The highest BCUT2D eigenvalue weighted by Gasteiger charge is 2.08. The molecule has 0 spiro atoms. The molecule has 0 bridgehead atoms. The van der Waals surface area contributed by atoms with Gasteiger partial charge < -0.3 is 14.5 Å². The molecule has 84 valence electrons. The second kappa shape index (κ2) is 4.45. The second-order valence-corrected chi connectivity index (χ2v) is 3.59. The Labute approximate surface area is 97.1 Å². The maximum Gasteiger partial charge on any atom is 0.515 e. The number of aromatic nitrogens is 1. The largest absolute Gasteiger partial charge is 0.515 e. The van der Waals surface area contributed by atoms with E-state index in [0.29, 0.717) is 10.9 Å². The fourth-order valence-electron chi connectivity index (χ4n) is 1.37. The fourth-order valence-corrected chi connectivity index (χ4v) is 1.55. The van der Waals surface area contributed by atoms with Crippen molar-refractivity contribution in [1.82, 2.24) is 4.98 Å². The number of halogens is 1. The van der Waals surface area contributed by atoms with Crippen LogP contribution in [-0.2, 0) is 4.74 Å². The van der Waals surface area contributed by atoms with Crippen LogP contribution in [0, 0.1) is 0 Å². The standard InChI is InChI=1S/C11H10ClNO3/c1-2-15-11(14)16-10-6-7-5-8(12)3-4-9(7)13-10/h3-6,13H,2H2,1H3. The summed E-state index contributed by atoms with van der Waals surface area (Å²) < 4.78 is 9.58. The predicted octanol–water partition coefficient (Wildman–Crippen LogP) is 3.36. The quantitative estimate of drug-likeness (QED) is 0.818. The summed E-state index contributed by atoms with van der Waals surface area (Å²) in [7, 11) is 0. The van der Waals surface area contributed by atoms with Gasteiger partial charge in [-0.1, -0.05) is 11.6 Å². The molecular weight excluding hydrogens is 230 g/mol.